The van der Waals surface area contributed by atoms with Crippen LogP contribution in [0.25, 0.3) is 0 Å². The molecular formula is C14H21F2N. The van der Waals surface area contributed by atoms with Gasteiger partial charge < -0.3 is 5.32 Å². The lowest BCUT2D eigenvalue weighted by molar-refractivity contribution is -0.00485. The molecule has 1 N–H and O–H groups in total. The van der Waals surface area contributed by atoms with Crippen molar-refractivity contribution in [3.8, 4) is 0 Å². The average molecular weight is 241 g/mol. The molecule has 0 bridgehead atoms. The van der Waals surface area contributed by atoms with Gasteiger partial charge in [-0.2, -0.15) is 8.78 Å². The Morgan fingerprint density at radius 2 is 1.59 bits per heavy atom. The number of alkyl halides is 2. The largest absolute Gasteiger partial charge is 0.309 e. The summed E-state index contributed by atoms with van der Waals surface area (Å²) in [6, 6.07) is 6.68. The van der Waals surface area contributed by atoms with Gasteiger partial charge in [-0.25, -0.2) is 0 Å². The molecule has 1 rings (SSSR count). The summed E-state index contributed by atoms with van der Waals surface area (Å²) in [6.07, 6.45) is 0. The van der Waals surface area contributed by atoms with Crippen LogP contribution in [0.1, 0.15) is 44.7 Å². The van der Waals surface area contributed by atoms with Crippen LogP contribution >= 0.6 is 0 Å². The van der Waals surface area contributed by atoms with Gasteiger partial charge in [0.15, 0.2) is 0 Å². The standard InChI is InChI=1S/C14H21F2N/c1-10(2)12-5-7-13(8-6-12)14(15,16)9-17-11(3)4/h5-8,10-11,17H,9H2,1-4H3. The molecule has 0 heterocycles. The summed E-state index contributed by atoms with van der Waals surface area (Å²) in [5.41, 5.74) is 1.16. The predicted molar refractivity (Wildman–Crippen MR) is 67.6 cm³/mol. The molecule has 0 radical (unpaired) electrons. The molecule has 0 atom stereocenters. The minimum absolute atomic E-state index is 0.0656. The highest BCUT2D eigenvalue weighted by Crippen LogP contribution is 2.28. The summed E-state index contributed by atoms with van der Waals surface area (Å²) < 4.78 is 27.6. The first-order valence-electron chi connectivity index (χ1n) is 6.04. The second-order valence-electron chi connectivity index (χ2n) is 5.02. The van der Waals surface area contributed by atoms with Gasteiger partial charge in [0.1, 0.15) is 0 Å². The summed E-state index contributed by atoms with van der Waals surface area (Å²) in [7, 11) is 0. The maximum absolute atomic E-state index is 13.8. The van der Waals surface area contributed by atoms with Crippen LogP contribution in [0.4, 0.5) is 8.78 Å². The highest BCUT2D eigenvalue weighted by Gasteiger charge is 2.31. The molecular weight excluding hydrogens is 220 g/mol. The lowest BCUT2D eigenvalue weighted by atomic mass is 9.99. The Labute approximate surface area is 102 Å². The summed E-state index contributed by atoms with van der Waals surface area (Å²) in [5.74, 6) is -2.44. The third-order valence-corrected chi connectivity index (χ3v) is 2.73. The van der Waals surface area contributed by atoms with Gasteiger partial charge in [-0.05, 0) is 11.5 Å². The monoisotopic (exact) mass is 241 g/mol. The van der Waals surface area contributed by atoms with Crippen molar-refractivity contribution in [2.24, 2.45) is 0 Å². The van der Waals surface area contributed by atoms with Crippen molar-refractivity contribution < 1.29 is 8.78 Å². The van der Waals surface area contributed by atoms with Gasteiger partial charge in [0, 0.05) is 11.6 Å². The van der Waals surface area contributed by atoms with Crippen molar-refractivity contribution in [2.75, 3.05) is 6.54 Å². The third-order valence-electron chi connectivity index (χ3n) is 2.73. The van der Waals surface area contributed by atoms with E-state index < -0.39 is 5.92 Å². The summed E-state index contributed by atoms with van der Waals surface area (Å²) >= 11 is 0. The van der Waals surface area contributed by atoms with Crippen LogP contribution in [0.15, 0.2) is 24.3 Å². The van der Waals surface area contributed by atoms with Crippen LogP contribution < -0.4 is 5.32 Å². The maximum atomic E-state index is 13.8. The van der Waals surface area contributed by atoms with Crippen molar-refractivity contribution in [3.63, 3.8) is 0 Å². The molecule has 0 saturated heterocycles. The SMILES string of the molecule is CC(C)NCC(F)(F)c1ccc(C(C)C)cc1. The minimum atomic E-state index is -2.81. The number of halogens is 2. The number of hydrogen-bond acceptors (Lipinski definition) is 1. The van der Waals surface area contributed by atoms with Gasteiger partial charge in [0.25, 0.3) is 5.92 Å². The van der Waals surface area contributed by atoms with E-state index in [9.17, 15) is 8.78 Å². The number of hydrogen-bond donors (Lipinski definition) is 1. The normalized spacial score (nSPS) is 12.5. The van der Waals surface area contributed by atoms with Crippen LogP contribution in [0, 0.1) is 0 Å². The predicted octanol–water partition coefficient (Wildman–Crippen LogP) is 3.90. The van der Waals surface area contributed by atoms with Gasteiger partial charge in [-0.3, -0.25) is 0 Å². The Kier molecular flexibility index (Phi) is 4.63. The van der Waals surface area contributed by atoms with Gasteiger partial charge in [-0.15, -0.1) is 0 Å². The van der Waals surface area contributed by atoms with Crippen molar-refractivity contribution in [2.45, 2.75) is 45.6 Å². The minimum Gasteiger partial charge on any atom is -0.309 e. The highest BCUT2D eigenvalue weighted by molar-refractivity contribution is 5.27. The molecule has 0 unspecified atom stereocenters. The Bertz CT molecular complexity index is 342. The van der Waals surface area contributed by atoms with Crippen LogP contribution in [-0.2, 0) is 5.92 Å². The molecule has 1 nitrogen and oxygen atoms in total. The number of nitrogens with one attached hydrogen (secondary N) is 1. The molecule has 96 valence electrons. The van der Waals surface area contributed by atoms with Crippen molar-refractivity contribution in [3.05, 3.63) is 35.4 Å². The van der Waals surface area contributed by atoms with E-state index in [1.807, 2.05) is 27.7 Å². The first kappa shape index (κ1) is 14.1. The molecule has 3 heteroatoms. The summed E-state index contributed by atoms with van der Waals surface area (Å²) in [4.78, 5) is 0. The van der Waals surface area contributed by atoms with Crippen molar-refractivity contribution >= 4 is 0 Å². The van der Waals surface area contributed by atoms with Crippen LogP contribution in [-0.4, -0.2) is 12.6 Å². The van der Waals surface area contributed by atoms with Crippen LogP contribution in [0.3, 0.4) is 0 Å². The van der Waals surface area contributed by atoms with Gasteiger partial charge in [-0.1, -0.05) is 52.0 Å². The van der Waals surface area contributed by atoms with Crippen molar-refractivity contribution in [1.29, 1.82) is 0 Å². The van der Waals surface area contributed by atoms with Gasteiger partial charge in [0.05, 0.1) is 6.54 Å². The van der Waals surface area contributed by atoms with E-state index in [2.05, 4.69) is 5.32 Å². The Balaban J connectivity index is 2.77. The van der Waals surface area contributed by atoms with E-state index in [1.165, 1.54) is 12.1 Å². The van der Waals surface area contributed by atoms with E-state index >= 15 is 0 Å². The zero-order valence-corrected chi connectivity index (χ0v) is 10.9. The fourth-order valence-corrected chi connectivity index (χ4v) is 1.55. The lowest BCUT2D eigenvalue weighted by Gasteiger charge is -2.19. The maximum Gasteiger partial charge on any atom is 0.285 e. The van der Waals surface area contributed by atoms with E-state index in [1.54, 1.807) is 12.1 Å². The molecule has 17 heavy (non-hydrogen) atoms. The summed E-state index contributed by atoms with van der Waals surface area (Å²) in [6.45, 7) is 7.50. The van der Waals surface area contributed by atoms with E-state index in [-0.39, 0.29) is 18.2 Å². The molecule has 0 saturated carbocycles. The van der Waals surface area contributed by atoms with Gasteiger partial charge in [0.2, 0.25) is 0 Å². The second kappa shape index (κ2) is 5.58. The van der Waals surface area contributed by atoms with E-state index in [0.717, 1.165) is 5.56 Å². The van der Waals surface area contributed by atoms with E-state index in [4.69, 9.17) is 0 Å². The molecule has 1 aromatic rings. The summed E-state index contributed by atoms with van der Waals surface area (Å²) in [5, 5.41) is 2.77. The van der Waals surface area contributed by atoms with Gasteiger partial charge >= 0.3 is 0 Å². The quantitative estimate of drug-likeness (QED) is 0.824. The van der Waals surface area contributed by atoms with E-state index in [0.29, 0.717) is 5.92 Å². The number of benzene rings is 1. The molecule has 0 fully saturated rings. The second-order valence-corrected chi connectivity index (χ2v) is 5.02. The fourth-order valence-electron chi connectivity index (χ4n) is 1.55. The highest BCUT2D eigenvalue weighted by atomic mass is 19.3. The first-order chi connectivity index (χ1) is 7.83. The van der Waals surface area contributed by atoms with Crippen molar-refractivity contribution in [1.82, 2.24) is 5.32 Å². The molecule has 1 aromatic carbocycles. The first-order valence-corrected chi connectivity index (χ1v) is 6.04. The van der Waals surface area contributed by atoms with Crippen LogP contribution in [0.2, 0.25) is 0 Å². The number of rotatable bonds is 5. The molecule has 0 spiro atoms. The topological polar surface area (TPSA) is 12.0 Å². The molecule has 0 amide bonds. The lowest BCUT2D eigenvalue weighted by Crippen LogP contribution is -2.34. The Morgan fingerprint density at radius 1 is 1.06 bits per heavy atom. The fraction of sp³-hybridized carbons (Fsp3) is 0.571. The Hall–Kier alpha value is -0.960. The molecule has 0 aromatic heterocycles. The zero-order valence-electron chi connectivity index (χ0n) is 10.9. The van der Waals surface area contributed by atoms with Crippen LogP contribution in [0.5, 0.6) is 0 Å². The molecule has 0 aliphatic carbocycles. The smallest absolute Gasteiger partial charge is 0.285 e. The molecule has 0 aliphatic heterocycles. The zero-order chi connectivity index (χ0) is 13.1. The molecule has 0 aliphatic rings. The third kappa shape index (κ3) is 4.08. The Morgan fingerprint density at radius 3 is 2.00 bits per heavy atom. The average Bonchev–Trinajstić information content (AvgIpc) is 2.27.